The SMILES string of the molecule is CO[C@@H](C(=O)N[C@H]1CSc2ccccc2N(C)C1=O)[C@H](O)[C@@H](O)[C@H](O)/C=C/c1ccccc1F. The standard InChI is InChI=1S/C24H27FN2O6S/c1-27-17-9-5-6-10-19(17)34-13-16(24(27)32)26-23(31)22(33-2)21(30)20(29)18(28)12-11-14-7-3-4-8-15(14)25/h3-12,16,18,20-22,28-30H,13H2,1-2H3,(H,26,31)/b12-11+/t16-,18+,20-,21+,22+/m0/s1. The van der Waals surface area contributed by atoms with Crippen molar-refractivity contribution in [3.05, 3.63) is 66.0 Å². The number of methoxy groups -OCH3 is 1. The van der Waals surface area contributed by atoms with Crippen LogP contribution < -0.4 is 10.2 Å². The Kier molecular flexibility index (Phi) is 8.81. The zero-order chi connectivity index (χ0) is 24.8. The summed E-state index contributed by atoms with van der Waals surface area (Å²) in [7, 11) is 2.77. The molecule has 1 aliphatic rings. The first kappa shape index (κ1) is 25.9. The van der Waals surface area contributed by atoms with Gasteiger partial charge in [0.1, 0.15) is 30.2 Å². The molecule has 0 spiro atoms. The van der Waals surface area contributed by atoms with E-state index in [4.69, 9.17) is 4.74 Å². The van der Waals surface area contributed by atoms with Crippen LogP contribution in [-0.2, 0) is 14.3 Å². The zero-order valence-electron chi connectivity index (χ0n) is 18.7. The Hall–Kier alpha value is -2.76. The first-order valence-corrected chi connectivity index (χ1v) is 11.5. The molecule has 10 heteroatoms. The highest BCUT2D eigenvalue weighted by Crippen LogP contribution is 2.33. The Morgan fingerprint density at radius 1 is 1.18 bits per heavy atom. The summed E-state index contributed by atoms with van der Waals surface area (Å²) in [4.78, 5) is 28.1. The number of para-hydroxylation sites is 1. The van der Waals surface area contributed by atoms with E-state index < -0.39 is 42.2 Å². The third kappa shape index (κ3) is 5.83. The number of halogens is 1. The van der Waals surface area contributed by atoms with Crippen molar-refractivity contribution in [1.82, 2.24) is 5.32 Å². The van der Waals surface area contributed by atoms with Crippen LogP contribution in [0.5, 0.6) is 0 Å². The van der Waals surface area contributed by atoms with Gasteiger partial charge in [-0.25, -0.2) is 4.39 Å². The number of hydrogen-bond donors (Lipinski definition) is 4. The van der Waals surface area contributed by atoms with Gasteiger partial charge in [-0.15, -0.1) is 11.8 Å². The molecule has 0 aliphatic carbocycles. The maximum Gasteiger partial charge on any atom is 0.252 e. The lowest BCUT2D eigenvalue weighted by molar-refractivity contribution is -0.150. The quantitative estimate of drug-likeness (QED) is 0.439. The lowest BCUT2D eigenvalue weighted by atomic mass is 10.0. The van der Waals surface area contributed by atoms with E-state index in [1.165, 1.54) is 40.9 Å². The number of thioether (sulfide) groups is 1. The summed E-state index contributed by atoms with van der Waals surface area (Å²) in [6, 6.07) is 12.3. The number of rotatable bonds is 8. The van der Waals surface area contributed by atoms with E-state index in [0.29, 0.717) is 0 Å². The van der Waals surface area contributed by atoms with E-state index in [1.54, 1.807) is 19.2 Å². The molecule has 0 saturated carbocycles. The number of ether oxygens (including phenoxy) is 1. The van der Waals surface area contributed by atoms with Gasteiger partial charge >= 0.3 is 0 Å². The summed E-state index contributed by atoms with van der Waals surface area (Å²) in [5, 5.41) is 33.7. The third-order valence-electron chi connectivity index (χ3n) is 5.48. The Morgan fingerprint density at radius 2 is 1.85 bits per heavy atom. The van der Waals surface area contributed by atoms with Crippen molar-refractivity contribution in [1.29, 1.82) is 0 Å². The number of benzene rings is 2. The van der Waals surface area contributed by atoms with Crippen molar-refractivity contribution in [3.63, 3.8) is 0 Å². The van der Waals surface area contributed by atoms with E-state index >= 15 is 0 Å². The largest absolute Gasteiger partial charge is 0.387 e. The van der Waals surface area contributed by atoms with Crippen LogP contribution in [0.25, 0.3) is 6.08 Å². The van der Waals surface area contributed by atoms with Crippen molar-refractivity contribution < 1.29 is 34.0 Å². The monoisotopic (exact) mass is 490 g/mol. The van der Waals surface area contributed by atoms with Crippen LogP contribution in [0.2, 0.25) is 0 Å². The van der Waals surface area contributed by atoms with E-state index in [9.17, 15) is 29.3 Å². The normalized spacial score (nSPS) is 19.8. The number of aliphatic hydroxyl groups excluding tert-OH is 3. The molecule has 5 atom stereocenters. The van der Waals surface area contributed by atoms with Crippen LogP contribution in [0, 0.1) is 5.82 Å². The molecule has 0 fully saturated rings. The van der Waals surface area contributed by atoms with E-state index in [1.807, 2.05) is 18.2 Å². The maximum absolute atomic E-state index is 13.7. The number of anilines is 1. The molecule has 8 nitrogen and oxygen atoms in total. The highest BCUT2D eigenvalue weighted by atomic mass is 32.2. The van der Waals surface area contributed by atoms with Gasteiger partial charge in [-0.1, -0.05) is 42.5 Å². The molecule has 2 amide bonds. The Bertz CT molecular complexity index is 1050. The summed E-state index contributed by atoms with van der Waals surface area (Å²) in [6.45, 7) is 0. The van der Waals surface area contributed by atoms with Gasteiger partial charge in [-0.05, 0) is 18.2 Å². The van der Waals surface area contributed by atoms with Crippen LogP contribution in [0.1, 0.15) is 5.56 Å². The molecule has 1 aliphatic heterocycles. The van der Waals surface area contributed by atoms with Gasteiger partial charge in [0.05, 0.1) is 5.69 Å². The van der Waals surface area contributed by atoms with Gasteiger partial charge in [0.25, 0.3) is 5.91 Å². The fraction of sp³-hybridized carbons (Fsp3) is 0.333. The molecule has 0 bridgehead atoms. The molecule has 0 unspecified atom stereocenters. The number of likely N-dealkylation sites (N-methyl/N-ethyl adjacent to an activating group) is 1. The molecule has 34 heavy (non-hydrogen) atoms. The number of fused-ring (bicyclic) bond motifs is 1. The Morgan fingerprint density at radius 3 is 2.56 bits per heavy atom. The zero-order valence-corrected chi connectivity index (χ0v) is 19.5. The number of carbonyl (C=O) groups excluding carboxylic acids is 2. The highest BCUT2D eigenvalue weighted by molar-refractivity contribution is 7.99. The predicted octanol–water partition coefficient (Wildman–Crippen LogP) is 1.19. The van der Waals surface area contributed by atoms with Gasteiger partial charge in [-0.3, -0.25) is 9.59 Å². The first-order valence-electron chi connectivity index (χ1n) is 10.5. The van der Waals surface area contributed by atoms with Crippen molar-refractivity contribution in [2.24, 2.45) is 0 Å². The molecule has 0 aromatic heterocycles. The average molecular weight is 491 g/mol. The van der Waals surface area contributed by atoms with Crippen molar-refractivity contribution in [2.75, 3.05) is 24.8 Å². The molecule has 2 aromatic rings. The van der Waals surface area contributed by atoms with Crippen LogP contribution in [0.3, 0.4) is 0 Å². The Labute approximate surface area is 201 Å². The van der Waals surface area contributed by atoms with Gasteiger partial charge in [-0.2, -0.15) is 0 Å². The summed E-state index contributed by atoms with van der Waals surface area (Å²) in [5.41, 5.74) is 0.900. The third-order valence-corrected chi connectivity index (χ3v) is 6.63. The molecule has 3 rings (SSSR count). The minimum Gasteiger partial charge on any atom is -0.387 e. The number of aliphatic hydroxyl groups is 3. The highest BCUT2D eigenvalue weighted by Gasteiger charge is 2.38. The van der Waals surface area contributed by atoms with Crippen LogP contribution in [0.15, 0.2) is 59.5 Å². The Balaban J connectivity index is 1.66. The smallest absolute Gasteiger partial charge is 0.252 e. The fourth-order valence-electron chi connectivity index (χ4n) is 3.52. The molecule has 182 valence electrons. The predicted molar refractivity (Wildman–Crippen MR) is 127 cm³/mol. The second-order valence-electron chi connectivity index (χ2n) is 7.75. The molecule has 1 heterocycles. The minimum absolute atomic E-state index is 0.179. The molecular formula is C24H27FN2O6S. The maximum atomic E-state index is 13.7. The second-order valence-corrected chi connectivity index (χ2v) is 8.81. The van der Waals surface area contributed by atoms with E-state index in [2.05, 4.69) is 5.32 Å². The number of amides is 2. The first-order chi connectivity index (χ1) is 16.2. The average Bonchev–Trinajstić information content (AvgIpc) is 2.95. The van der Waals surface area contributed by atoms with Gasteiger partial charge in [0, 0.05) is 30.4 Å². The molecule has 2 aromatic carbocycles. The number of hydrogen-bond acceptors (Lipinski definition) is 7. The van der Waals surface area contributed by atoms with Crippen molar-refractivity contribution in [3.8, 4) is 0 Å². The number of nitrogens with zero attached hydrogens (tertiary/aromatic N) is 1. The molecular weight excluding hydrogens is 463 g/mol. The van der Waals surface area contributed by atoms with Gasteiger partial charge in [0.15, 0.2) is 6.10 Å². The summed E-state index contributed by atoms with van der Waals surface area (Å²) < 4.78 is 18.8. The molecule has 0 radical (unpaired) electrons. The summed E-state index contributed by atoms with van der Waals surface area (Å²) >= 11 is 1.40. The van der Waals surface area contributed by atoms with Crippen LogP contribution in [0.4, 0.5) is 10.1 Å². The molecule has 4 N–H and O–H groups in total. The number of nitrogens with one attached hydrogen (secondary N) is 1. The van der Waals surface area contributed by atoms with Crippen molar-refractivity contribution >= 4 is 35.3 Å². The van der Waals surface area contributed by atoms with Crippen molar-refractivity contribution in [2.45, 2.75) is 35.4 Å². The van der Waals surface area contributed by atoms with Crippen LogP contribution in [-0.4, -0.2) is 77.5 Å². The van der Waals surface area contributed by atoms with Gasteiger partial charge in [0.2, 0.25) is 5.91 Å². The fourth-order valence-corrected chi connectivity index (χ4v) is 4.62. The second kappa shape index (κ2) is 11.6. The van der Waals surface area contributed by atoms with E-state index in [0.717, 1.165) is 23.8 Å². The number of carbonyl (C=O) groups is 2. The minimum atomic E-state index is -1.83. The topological polar surface area (TPSA) is 119 Å². The van der Waals surface area contributed by atoms with Crippen LogP contribution >= 0.6 is 11.8 Å². The van der Waals surface area contributed by atoms with Gasteiger partial charge < -0.3 is 30.3 Å². The lowest BCUT2D eigenvalue weighted by Crippen LogP contribution is -2.56. The van der Waals surface area contributed by atoms with E-state index in [-0.39, 0.29) is 17.2 Å². The summed E-state index contributed by atoms with van der Waals surface area (Å²) in [5.74, 6) is -1.43. The lowest BCUT2D eigenvalue weighted by Gasteiger charge is -2.28. The molecule has 0 saturated heterocycles. The summed E-state index contributed by atoms with van der Waals surface area (Å²) in [6.07, 6.45) is -4.46.